The number of likely N-dealkylation sites (tertiary alicyclic amines) is 1. The molecule has 0 saturated carbocycles. The quantitative estimate of drug-likeness (QED) is 0.577. The summed E-state index contributed by atoms with van der Waals surface area (Å²) in [6, 6.07) is 0. The topological polar surface area (TPSA) is 80.6 Å². The zero-order chi connectivity index (χ0) is 12.7. The molecule has 0 aromatic rings. The van der Waals surface area contributed by atoms with Crippen molar-refractivity contribution in [2.45, 2.75) is 39.0 Å². The van der Waals surface area contributed by atoms with E-state index in [4.69, 9.17) is 19.2 Å². The van der Waals surface area contributed by atoms with Gasteiger partial charge in [-0.25, -0.2) is 0 Å². The van der Waals surface area contributed by atoms with Crippen LogP contribution < -0.4 is 4.89 Å². The van der Waals surface area contributed by atoms with Gasteiger partial charge in [-0.05, 0) is 25.7 Å². The Labute approximate surface area is 97.9 Å². The summed E-state index contributed by atoms with van der Waals surface area (Å²) in [6.07, 6.45) is 7.16. The van der Waals surface area contributed by atoms with Crippen LogP contribution >= 0.6 is 7.82 Å². The number of piperidine rings is 1. The lowest BCUT2D eigenvalue weighted by Crippen LogP contribution is -2.48. The Morgan fingerprint density at radius 2 is 1.69 bits per heavy atom. The molecule has 16 heavy (non-hydrogen) atoms. The molecule has 0 atom stereocenters. The van der Waals surface area contributed by atoms with Gasteiger partial charge in [-0.3, -0.25) is 4.57 Å². The van der Waals surface area contributed by atoms with Crippen molar-refractivity contribution < 1.29 is 23.7 Å². The Morgan fingerprint density at radius 1 is 1.25 bits per heavy atom. The highest BCUT2D eigenvalue weighted by Crippen LogP contribution is 2.19. The van der Waals surface area contributed by atoms with E-state index in [0.717, 1.165) is 0 Å². The molecule has 1 aliphatic rings. The van der Waals surface area contributed by atoms with Gasteiger partial charge in [0.2, 0.25) is 0 Å². The summed E-state index contributed by atoms with van der Waals surface area (Å²) in [7, 11) is -2.46. The van der Waals surface area contributed by atoms with Crippen molar-refractivity contribution in [1.29, 1.82) is 0 Å². The lowest BCUT2D eigenvalue weighted by atomic mass is 10.1. The Kier molecular flexibility index (Phi) is 7.44. The van der Waals surface area contributed by atoms with Gasteiger partial charge in [0, 0.05) is 0 Å². The third-order valence-electron chi connectivity index (χ3n) is 2.95. The molecule has 0 aromatic carbocycles. The minimum absolute atomic E-state index is 1.36. The van der Waals surface area contributed by atoms with E-state index < -0.39 is 7.82 Å². The van der Waals surface area contributed by atoms with Gasteiger partial charge >= 0.3 is 0 Å². The molecule has 1 aliphatic heterocycles. The molecule has 98 valence electrons. The SMILES string of the molecule is CCCC[N+]1(C)CCCCC1.O=P([O-])(O)O. The van der Waals surface area contributed by atoms with Crippen LogP contribution in [0.1, 0.15) is 39.0 Å². The van der Waals surface area contributed by atoms with Gasteiger partial charge in [-0.15, -0.1) is 0 Å². The molecule has 0 aliphatic carbocycles. The predicted octanol–water partition coefficient (Wildman–Crippen LogP) is 0.856. The van der Waals surface area contributed by atoms with Crippen LogP contribution in [-0.4, -0.2) is 41.0 Å². The maximum atomic E-state index is 8.77. The highest BCUT2D eigenvalue weighted by Gasteiger charge is 2.23. The van der Waals surface area contributed by atoms with Crippen molar-refractivity contribution in [3.8, 4) is 0 Å². The summed E-state index contributed by atoms with van der Waals surface area (Å²) >= 11 is 0. The number of nitrogens with zero attached hydrogens (tertiary/aromatic N) is 1. The first-order valence-corrected chi connectivity index (χ1v) is 7.40. The fraction of sp³-hybridized carbons (Fsp3) is 1.00. The Morgan fingerprint density at radius 3 is 2.06 bits per heavy atom. The number of unbranched alkanes of at least 4 members (excludes halogenated alkanes) is 1. The van der Waals surface area contributed by atoms with Crippen LogP contribution in [0.15, 0.2) is 0 Å². The van der Waals surface area contributed by atoms with Gasteiger partial charge in [-0.2, -0.15) is 0 Å². The highest BCUT2D eigenvalue weighted by molar-refractivity contribution is 7.43. The molecular formula is C10H24NO4P. The summed E-state index contributed by atoms with van der Waals surface area (Å²) in [5.41, 5.74) is 0. The van der Waals surface area contributed by atoms with E-state index in [1.807, 2.05) is 0 Å². The second kappa shape index (κ2) is 7.41. The van der Waals surface area contributed by atoms with Crippen LogP contribution in [-0.2, 0) is 4.57 Å². The van der Waals surface area contributed by atoms with Gasteiger partial charge in [0.25, 0.3) is 7.82 Å². The molecular weight excluding hydrogens is 229 g/mol. The first-order chi connectivity index (χ1) is 7.27. The zero-order valence-corrected chi connectivity index (χ0v) is 11.2. The number of quaternary nitrogens is 1. The van der Waals surface area contributed by atoms with Crippen molar-refractivity contribution >= 4 is 7.82 Å². The maximum absolute atomic E-state index is 8.77. The first kappa shape index (κ1) is 16.1. The number of rotatable bonds is 3. The minimum Gasteiger partial charge on any atom is -0.756 e. The van der Waals surface area contributed by atoms with E-state index in [0.29, 0.717) is 0 Å². The van der Waals surface area contributed by atoms with Crippen molar-refractivity contribution in [2.75, 3.05) is 26.7 Å². The molecule has 0 aromatic heterocycles. The Balaban J connectivity index is 0.000000385. The fourth-order valence-electron chi connectivity index (χ4n) is 2.04. The molecule has 5 nitrogen and oxygen atoms in total. The van der Waals surface area contributed by atoms with Crippen LogP contribution in [0, 0.1) is 0 Å². The first-order valence-electron chi connectivity index (χ1n) is 5.87. The maximum Gasteiger partial charge on any atom is 0.262 e. The van der Waals surface area contributed by atoms with E-state index in [-0.39, 0.29) is 0 Å². The van der Waals surface area contributed by atoms with Gasteiger partial charge in [0.15, 0.2) is 0 Å². The summed E-state index contributed by atoms with van der Waals surface area (Å²) in [5.74, 6) is 0. The monoisotopic (exact) mass is 253 g/mol. The number of hydrogen-bond donors (Lipinski definition) is 2. The number of hydrogen-bond acceptors (Lipinski definition) is 2. The highest BCUT2D eigenvalue weighted by atomic mass is 31.2. The summed E-state index contributed by atoms with van der Waals surface area (Å²) in [5, 5.41) is 0. The summed E-state index contributed by atoms with van der Waals surface area (Å²) < 4.78 is 10.1. The van der Waals surface area contributed by atoms with Crippen LogP contribution in [0.5, 0.6) is 0 Å². The molecule has 0 amide bonds. The molecule has 1 heterocycles. The second-order valence-electron chi connectivity index (χ2n) is 4.70. The standard InChI is InChI=1S/C10H22N.H3O4P/c1-3-4-8-11(2)9-6-5-7-10-11;1-5(2,3)4/h3-10H2,1-2H3;(H3,1,2,3,4)/q+1;/p-1. The fourth-order valence-corrected chi connectivity index (χ4v) is 2.04. The second-order valence-corrected chi connectivity index (χ2v) is 5.68. The van der Waals surface area contributed by atoms with Crippen molar-refractivity contribution in [3.05, 3.63) is 0 Å². The van der Waals surface area contributed by atoms with Gasteiger partial charge in [0.1, 0.15) is 0 Å². The van der Waals surface area contributed by atoms with Crippen LogP contribution in [0.25, 0.3) is 0 Å². The average molecular weight is 253 g/mol. The van der Waals surface area contributed by atoms with Gasteiger partial charge in [-0.1, -0.05) is 13.3 Å². The largest absolute Gasteiger partial charge is 0.756 e. The van der Waals surface area contributed by atoms with Gasteiger partial charge in [0.05, 0.1) is 26.7 Å². The Hall–Kier alpha value is 0.0700. The molecule has 1 saturated heterocycles. The van der Waals surface area contributed by atoms with E-state index in [1.165, 1.54) is 56.2 Å². The molecule has 1 rings (SSSR count). The molecule has 6 heteroatoms. The van der Waals surface area contributed by atoms with E-state index in [1.54, 1.807) is 0 Å². The lowest BCUT2D eigenvalue weighted by molar-refractivity contribution is -0.914. The third-order valence-corrected chi connectivity index (χ3v) is 2.95. The zero-order valence-electron chi connectivity index (χ0n) is 10.3. The van der Waals surface area contributed by atoms with E-state index in [9.17, 15) is 0 Å². The van der Waals surface area contributed by atoms with Crippen LogP contribution in [0.4, 0.5) is 0 Å². The normalized spacial score (nSPS) is 19.8. The lowest BCUT2D eigenvalue weighted by Gasteiger charge is -2.37. The molecule has 0 unspecified atom stereocenters. The Bertz CT molecular complexity index is 215. The molecule has 2 N–H and O–H groups in total. The summed E-state index contributed by atoms with van der Waals surface area (Å²) in [4.78, 5) is 22.9. The van der Waals surface area contributed by atoms with Crippen LogP contribution in [0.3, 0.4) is 0 Å². The molecule has 0 spiro atoms. The molecule has 1 fully saturated rings. The molecule has 0 bridgehead atoms. The predicted molar refractivity (Wildman–Crippen MR) is 61.6 cm³/mol. The van der Waals surface area contributed by atoms with E-state index >= 15 is 0 Å². The van der Waals surface area contributed by atoms with Crippen LogP contribution in [0.2, 0.25) is 0 Å². The van der Waals surface area contributed by atoms with E-state index in [2.05, 4.69) is 14.0 Å². The van der Waals surface area contributed by atoms with Crippen molar-refractivity contribution in [3.63, 3.8) is 0 Å². The van der Waals surface area contributed by atoms with Crippen molar-refractivity contribution in [1.82, 2.24) is 0 Å². The minimum atomic E-state index is -4.89. The smallest absolute Gasteiger partial charge is 0.262 e. The average Bonchev–Trinajstić information content (AvgIpc) is 2.13. The third kappa shape index (κ3) is 10.6. The van der Waals surface area contributed by atoms with Gasteiger partial charge < -0.3 is 19.2 Å². The summed E-state index contributed by atoms with van der Waals surface area (Å²) in [6.45, 7) is 6.56. The number of phosphoric acid groups is 1. The molecule has 0 radical (unpaired) electrons. The van der Waals surface area contributed by atoms with Crippen molar-refractivity contribution in [2.24, 2.45) is 0 Å².